The van der Waals surface area contributed by atoms with Gasteiger partial charge in [-0.15, -0.1) is 0 Å². The maximum atomic E-state index is 12.6. The fraction of sp³-hybridized carbons (Fsp3) is 0.240. The molecule has 160 valence electrons. The van der Waals surface area contributed by atoms with E-state index in [2.05, 4.69) is 5.32 Å². The van der Waals surface area contributed by atoms with E-state index in [0.717, 1.165) is 17.0 Å². The SMILES string of the molecule is Cc1cc(C(=O)COC(=O)C[C@@H](NC(=O)c2ccccc2)c2ccccc2)c(C)n1C. The van der Waals surface area contributed by atoms with Crippen LogP contribution in [0.1, 0.15) is 50.1 Å². The van der Waals surface area contributed by atoms with Crippen LogP contribution in [0.2, 0.25) is 0 Å². The summed E-state index contributed by atoms with van der Waals surface area (Å²) in [6.45, 7) is 3.43. The summed E-state index contributed by atoms with van der Waals surface area (Å²) in [5.74, 6) is -1.09. The lowest BCUT2D eigenvalue weighted by Gasteiger charge is -2.18. The van der Waals surface area contributed by atoms with Crippen molar-refractivity contribution in [2.24, 2.45) is 7.05 Å². The van der Waals surface area contributed by atoms with E-state index < -0.39 is 12.0 Å². The van der Waals surface area contributed by atoms with Gasteiger partial charge in [0, 0.05) is 29.6 Å². The molecule has 3 aromatic rings. The Morgan fingerprint density at radius 3 is 2.16 bits per heavy atom. The first kappa shape index (κ1) is 22.0. The number of aryl methyl sites for hydroxylation is 1. The predicted octanol–water partition coefficient (Wildman–Crippen LogP) is 3.93. The van der Waals surface area contributed by atoms with Crippen molar-refractivity contribution in [3.8, 4) is 0 Å². The number of amides is 1. The smallest absolute Gasteiger partial charge is 0.308 e. The lowest BCUT2D eigenvalue weighted by atomic mass is 10.0. The predicted molar refractivity (Wildman–Crippen MR) is 118 cm³/mol. The third-order valence-corrected chi connectivity index (χ3v) is 5.35. The second-order valence-corrected chi connectivity index (χ2v) is 7.43. The van der Waals surface area contributed by atoms with Crippen LogP contribution in [0.15, 0.2) is 66.7 Å². The van der Waals surface area contributed by atoms with E-state index in [4.69, 9.17) is 4.74 Å². The van der Waals surface area contributed by atoms with E-state index in [1.54, 1.807) is 30.3 Å². The molecule has 1 atom stereocenters. The zero-order valence-electron chi connectivity index (χ0n) is 17.9. The van der Waals surface area contributed by atoms with Gasteiger partial charge in [-0.1, -0.05) is 48.5 Å². The maximum absolute atomic E-state index is 12.6. The monoisotopic (exact) mass is 418 g/mol. The van der Waals surface area contributed by atoms with Gasteiger partial charge < -0.3 is 14.6 Å². The summed E-state index contributed by atoms with van der Waals surface area (Å²) in [6, 6.07) is 19.2. The number of hydrogen-bond acceptors (Lipinski definition) is 4. The van der Waals surface area contributed by atoms with Crippen LogP contribution < -0.4 is 5.32 Å². The average Bonchev–Trinajstić information content (AvgIpc) is 3.05. The minimum Gasteiger partial charge on any atom is -0.457 e. The minimum atomic E-state index is -0.572. The number of carbonyl (C=O) groups is 3. The van der Waals surface area contributed by atoms with Gasteiger partial charge in [-0.25, -0.2) is 0 Å². The number of benzene rings is 2. The molecule has 1 amide bonds. The first-order chi connectivity index (χ1) is 14.9. The molecule has 6 nitrogen and oxygen atoms in total. The number of esters is 1. The van der Waals surface area contributed by atoms with Gasteiger partial charge in [0.1, 0.15) is 0 Å². The van der Waals surface area contributed by atoms with Crippen molar-refractivity contribution in [3.05, 3.63) is 94.8 Å². The molecule has 1 N–H and O–H groups in total. The third kappa shape index (κ3) is 5.48. The Balaban J connectivity index is 1.66. The van der Waals surface area contributed by atoms with Crippen LogP contribution in [0.25, 0.3) is 0 Å². The first-order valence-corrected chi connectivity index (χ1v) is 10.1. The van der Waals surface area contributed by atoms with Gasteiger partial charge in [-0.2, -0.15) is 0 Å². The second kappa shape index (κ2) is 9.89. The van der Waals surface area contributed by atoms with Crippen molar-refractivity contribution in [2.75, 3.05) is 6.61 Å². The lowest BCUT2D eigenvalue weighted by Crippen LogP contribution is -2.31. The molecular weight excluding hydrogens is 392 g/mol. The minimum absolute atomic E-state index is 0.0807. The molecular formula is C25H26N2O4. The molecule has 1 heterocycles. The molecule has 0 aliphatic carbocycles. The van der Waals surface area contributed by atoms with Gasteiger partial charge >= 0.3 is 5.97 Å². The largest absolute Gasteiger partial charge is 0.457 e. The fourth-order valence-electron chi connectivity index (χ4n) is 3.36. The summed E-state index contributed by atoms with van der Waals surface area (Å²) in [5.41, 5.74) is 3.62. The highest BCUT2D eigenvalue weighted by Crippen LogP contribution is 2.19. The summed E-state index contributed by atoms with van der Waals surface area (Å²) in [4.78, 5) is 37.6. The van der Waals surface area contributed by atoms with Gasteiger partial charge in [0.15, 0.2) is 6.61 Å². The highest BCUT2D eigenvalue weighted by molar-refractivity contribution is 5.99. The van der Waals surface area contributed by atoms with E-state index >= 15 is 0 Å². The molecule has 0 saturated carbocycles. The number of rotatable bonds is 8. The van der Waals surface area contributed by atoms with Crippen molar-refractivity contribution in [2.45, 2.75) is 26.3 Å². The Bertz CT molecular complexity index is 1070. The molecule has 0 unspecified atom stereocenters. The number of ether oxygens (including phenoxy) is 1. The molecule has 1 aromatic heterocycles. The summed E-state index contributed by atoms with van der Waals surface area (Å²) >= 11 is 0. The first-order valence-electron chi connectivity index (χ1n) is 10.1. The molecule has 0 bridgehead atoms. The molecule has 0 radical (unpaired) electrons. The van der Waals surface area contributed by atoms with Crippen LogP contribution in [-0.4, -0.2) is 28.8 Å². The van der Waals surface area contributed by atoms with Gasteiger partial charge in [0.25, 0.3) is 5.91 Å². The van der Waals surface area contributed by atoms with Gasteiger partial charge in [0.2, 0.25) is 5.78 Å². The second-order valence-electron chi connectivity index (χ2n) is 7.43. The Labute approximate surface area is 181 Å². The van der Waals surface area contributed by atoms with E-state index in [9.17, 15) is 14.4 Å². The molecule has 2 aromatic carbocycles. The van der Waals surface area contributed by atoms with E-state index in [1.807, 2.05) is 61.9 Å². The van der Waals surface area contributed by atoms with Crippen molar-refractivity contribution >= 4 is 17.7 Å². The number of Topliss-reactive ketones (excluding diaryl/α,β-unsaturated/α-hetero) is 1. The van der Waals surface area contributed by atoms with Crippen LogP contribution >= 0.6 is 0 Å². The molecule has 6 heteroatoms. The van der Waals surface area contributed by atoms with Crippen LogP contribution in [-0.2, 0) is 16.6 Å². The number of hydrogen-bond donors (Lipinski definition) is 1. The summed E-state index contributed by atoms with van der Waals surface area (Å²) in [5, 5.41) is 2.89. The van der Waals surface area contributed by atoms with E-state index in [0.29, 0.717) is 11.1 Å². The molecule has 0 fully saturated rings. The molecule has 0 aliphatic rings. The zero-order chi connectivity index (χ0) is 22.4. The van der Waals surface area contributed by atoms with E-state index in [-0.39, 0.29) is 24.7 Å². The Kier molecular flexibility index (Phi) is 7.03. The Morgan fingerprint density at radius 2 is 1.58 bits per heavy atom. The van der Waals surface area contributed by atoms with Crippen molar-refractivity contribution in [1.82, 2.24) is 9.88 Å². The quantitative estimate of drug-likeness (QED) is 0.444. The Morgan fingerprint density at radius 1 is 0.968 bits per heavy atom. The topological polar surface area (TPSA) is 77.4 Å². The van der Waals surface area contributed by atoms with Crippen LogP contribution in [0.3, 0.4) is 0 Å². The number of nitrogens with zero attached hydrogens (tertiary/aromatic N) is 1. The fourth-order valence-corrected chi connectivity index (χ4v) is 3.36. The standard InChI is InChI=1S/C25H26N2O4/c1-17-14-21(18(2)27(17)3)23(28)16-31-24(29)15-22(19-10-6-4-7-11-19)26-25(30)20-12-8-5-9-13-20/h4-14,22H,15-16H2,1-3H3,(H,26,30)/t22-/m1/s1. The van der Waals surface area contributed by atoms with Crippen LogP contribution in [0.5, 0.6) is 0 Å². The Hall–Kier alpha value is -3.67. The van der Waals surface area contributed by atoms with Crippen molar-refractivity contribution in [1.29, 1.82) is 0 Å². The van der Waals surface area contributed by atoms with Crippen molar-refractivity contribution < 1.29 is 19.1 Å². The van der Waals surface area contributed by atoms with E-state index in [1.165, 1.54) is 0 Å². The molecule has 31 heavy (non-hydrogen) atoms. The zero-order valence-corrected chi connectivity index (χ0v) is 17.9. The number of aromatic nitrogens is 1. The van der Waals surface area contributed by atoms with Gasteiger partial charge in [-0.05, 0) is 37.6 Å². The van der Waals surface area contributed by atoms with Crippen LogP contribution in [0.4, 0.5) is 0 Å². The highest BCUT2D eigenvalue weighted by atomic mass is 16.5. The average molecular weight is 418 g/mol. The summed E-state index contributed by atoms with van der Waals surface area (Å²) in [7, 11) is 1.88. The number of nitrogens with one attached hydrogen (secondary N) is 1. The van der Waals surface area contributed by atoms with Crippen LogP contribution in [0, 0.1) is 13.8 Å². The third-order valence-electron chi connectivity index (χ3n) is 5.35. The molecule has 0 aliphatic heterocycles. The molecule has 0 spiro atoms. The highest BCUT2D eigenvalue weighted by Gasteiger charge is 2.22. The van der Waals surface area contributed by atoms with Gasteiger partial charge in [-0.3, -0.25) is 14.4 Å². The number of ketones is 1. The van der Waals surface area contributed by atoms with Crippen molar-refractivity contribution in [3.63, 3.8) is 0 Å². The lowest BCUT2D eigenvalue weighted by molar-refractivity contribution is -0.143. The summed E-state index contributed by atoms with van der Waals surface area (Å²) < 4.78 is 7.17. The maximum Gasteiger partial charge on any atom is 0.308 e. The van der Waals surface area contributed by atoms with Gasteiger partial charge in [0.05, 0.1) is 12.5 Å². The molecule has 3 rings (SSSR count). The molecule has 0 saturated heterocycles. The number of carbonyl (C=O) groups excluding carboxylic acids is 3. The normalized spacial score (nSPS) is 11.6. The summed E-state index contributed by atoms with van der Waals surface area (Å²) in [6.07, 6.45) is -0.0807.